The number of carbonyl (C=O) groups excluding carboxylic acids is 1. The molecule has 3 heterocycles. The van der Waals surface area contributed by atoms with Crippen molar-refractivity contribution in [1.82, 2.24) is 5.32 Å². The smallest absolute Gasteiger partial charge is 0.220 e. The van der Waals surface area contributed by atoms with Crippen molar-refractivity contribution < 1.29 is 89.4 Å². The molecule has 3 saturated heterocycles. The van der Waals surface area contributed by atoms with Crippen molar-refractivity contribution >= 4 is 5.91 Å². The number of hydrogen-bond donors (Lipinski definition) is 12. The van der Waals surface area contributed by atoms with E-state index in [4.69, 9.17) is 28.4 Å². The Bertz CT molecular complexity index is 1940. The Morgan fingerprint density at radius 1 is 0.296 bits per heavy atom. The zero-order valence-electron chi connectivity index (χ0n) is 69.4. The van der Waals surface area contributed by atoms with Crippen molar-refractivity contribution in [2.75, 3.05) is 26.4 Å². The second-order valence-corrected chi connectivity index (χ2v) is 33.5. The predicted molar refractivity (Wildman–Crippen MR) is 434 cm³/mol. The summed E-state index contributed by atoms with van der Waals surface area (Å²) in [6.45, 7) is 1.89. The van der Waals surface area contributed by atoms with Crippen molar-refractivity contribution in [2.24, 2.45) is 0 Å². The van der Waals surface area contributed by atoms with Crippen molar-refractivity contribution in [3.8, 4) is 0 Å². The van der Waals surface area contributed by atoms with Gasteiger partial charge in [0, 0.05) is 6.42 Å². The first-order chi connectivity index (χ1) is 52.8. The Hall–Kier alpha value is -1.21. The summed E-state index contributed by atoms with van der Waals surface area (Å²) in [5.41, 5.74) is 0. The number of nitrogens with one attached hydrogen (secondary N) is 1. The quantitative estimate of drug-likeness (QED) is 0.0252. The average molecular weight is 1550 g/mol. The number of hydrogen-bond acceptors (Lipinski definition) is 18. The molecule has 17 atom stereocenters. The SMILES string of the molecule is CCCCCCCCCCCCCCCCCCCCCCCCCCCCCCCCCCCCCCCCC(=O)NC(COC1OC(CO)C(OC2OC(CO)C(OC3OC(CO)C(O)C(O)C3O)C(O)C2O)C(O)C1O)C(O)CCCCCCCCCCCCCCCCCCCCCCCCCCC. The molecule has 3 fully saturated rings. The fourth-order valence-electron chi connectivity index (χ4n) is 16.3. The zero-order valence-corrected chi connectivity index (χ0v) is 69.4. The fourth-order valence-corrected chi connectivity index (χ4v) is 16.3. The van der Waals surface area contributed by atoms with E-state index in [2.05, 4.69) is 19.2 Å². The summed E-state index contributed by atoms with van der Waals surface area (Å²) in [5, 5.41) is 121. The molecule has 3 rings (SSSR count). The van der Waals surface area contributed by atoms with Crippen LogP contribution >= 0.6 is 0 Å². The molecule has 3 aliphatic rings. The van der Waals surface area contributed by atoms with Crippen LogP contribution in [0.15, 0.2) is 0 Å². The summed E-state index contributed by atoms with van der Waals surface area (Å²) in [6, 6.07) is -0.884. The van der Waals surface area contributed by atoms with Crippen LogP contribution < -0.4 is 5.32 Å². The van der Waals surface area contributed by atoms with Crippen LogP contribution in [0.5, 0.6) is 0 Å². The molecule has 0 spiro atoms. The summed E-state index contributed by atoms with van der Waals surface area (Å²) >= 11 is 0. The molecule has 0 aromatic heterocycles. The second kappa shape index (κ2) is 70.0. The standard InChI is InChI=1S/C89H173NO18/c1-3-5-7-9-11-13-15-17-19-21-23-25-27-29-30-31-32-33-34-35-36-37-38-39-40-41-43-45-47-49-51-53-55-57-59-61-63-65-67-77(95)90-72(73(94)66-64-62-60-58-56-54-52-50-48-46-44-42-28-26-24-22-20-18-16-14-12-10-8-6-4-2)71-103-87-83(101)80(98)85(75(69-92)105-87)108-89-84(102)81(99)86(76(70-93)106-89)107-88-82(100)79(97)78(96)74(68-91)104-88/h72-76,78-89,91-94,96-102H,3-71H2,1-2H3,(H,90,95). The molecule has 19 nitrogen and oxygen atoms in total. The zero-order chi connectivity index (χ0) is 78.1. The molecule has 0 bridgehead atoms. The van der Waals surface area contributed by atoms with Crippen LogP contribution in [0.3, 0.4) is 0 Å². The van der Waals surface area contributed by atoms with Crippen LogP contribution in [0.25, 0.3) is 0 Å². The highest BCUT2D eigenvalue weighted by molar-refractivity contribution is 5.76. The molecule has 17 unspecified atom stereocenters. The van der Waals surface area contributed by atoms with E-state index < -0.39 is 124 Å². The van der Waals surface area contributed by atoms with Gasteiger partial charge in [-0.25, -0.2) is 0 Å². The molecule has 12 N–H and O–H groups in total. The monoisotopic (exact) mass is 1540 g/mol. The molecule has 3 aliphatic heterocycles. The number of ether oxygens (including phenoxy) is 6. The largest absolute Gasteiger partial charge is 0.394 e. The van der Waals surface area contributed by atoms with E-state index in [0.717, 1.165) is 44.9 Å². The summed E-state index contributed by atoms with van der Waals surface area (Å²) in [5.74, 6) is -0.231. The van der Waals surface area contributed by atoms with E-state index in [9.17, 15) is 61.0 Å². The van der Waals surface area contributed by atoms with Gasteiger partial charge in [0.15, 0.2) is 18.9 Å². The first-order valence-corrected chi connectivity index (χ1v) is 46.3. The van der Waals surface area contributed by atoms with Crippen LogP contribution in [0.2, 0.25) is 0 Å². The Morgan fingerprint density at radius 3 is 0.806 bits per heavy atom. The van der Waals surface area contributed by atoms with Gasteiger partial charge in [-0.05, 0) is 12.8 Å². The van der Waals surface area contributed by atoms with E-state index in [0.29, 0.717) is 12.8 Å². The minimum Gasteiger partial charge on any atom is -0.394 e. The molecular weight excluding hydrogens is 1370 g/mol. The molecule has 108 heavy (non-hydrogen) atoms. The molecule has 1 amide bonds. The summed E-state index contributed by atoms with van der Waals surface area (Å²) in [7, 11) is 0. The van der Waals surface area contributed by atoms with Crippen LogP contribution in [0, 0.1) is 0 Å². The third-order valence-electron chi connectivity index (χ3n) is 23.7. The number of carbonyl (C=O) groups is 1. The third-order valence-corrected chi connectivity index (χ3v) is 23.7. The predicted octanol–water partition coefficient (Wildman–Crippen LogP) is 17.7. The van der Waals surface area contributed by atoms with Gasteiger partial charge in [-0.15, -0.1) is 0 Å². The van der Waals surface area contributed by atoms with Crippen molar-refractivity contribution in [3.05, 3.63) is 0 Å². The average Bonchev–Trinajstić information content (AvgIpc) is 0.778. The molecule has 0 aromatic carbocycles. The minimum atomic E-state index is -1.97. The Kier molecular flexibility index (Phi) is 65.5. The lowest BCUT2D eigenvalue weighted by molar-refractivity contribution is -0.379. The lowest BCUT2D eigenvalue weighted by atomic mass is 9.96. The first kappa shape index (κ1) is 101. The van der Waals surface area contributed by atoms with Crippen molar-refractivity contribution in [1.29, 1.82) is 0 Å². The van der Waals surface area contributed by atoms with Crippen molar-refractivity contribution in [2.45, 2.75) is 535 Å². The lowest BCUT2D eigenvalue weighted by Crippen LogP contribution is -2.66. The highest BCUT2D eigenvalue weighted by atomic mass is 16.8. The number of aliphatic hydroxyl groups is 11. The van der Waals surface area contributed by atoms with E-state index in [1.807, 2.05) is 0 Å². The van der Waals surface area contributed by atoms with E-state index >= 15 is 0 Å². The third kappa shape index (κ3) is 48.4. The molecule has 19 heteroatoms. The van der Waals surface area contributed by atoms with E-state index in [1.165, 1.54) is 353 Å². The summed E-state index contributed by atoms with van der Waals surface area (Å²) < 4.78 is 34.6. The van der Waals surface area contributed by atoms with Crippen LogP contribution in [-0.2, 0) is 33.2 Å². The van der Waals surface area contributed by atoms with Crippen LogP contribution in [0.4, 0.5) is 0 Å². The molecule has 0 radical (unpaired) electrons. The fraction of sp³-hybridized carbons (Fsp3) is 0.989. The van der Waals surface area contributed by atoms with Gasteiger partial charge >= 0.3 is 0 Å². The number of amides is 1. The topological polar surface area (TPSA) is 307 Å². The second-order valence-electron chi connectivity index (χ2n) is 33.5. The summed E-state index contributed by atoms with van der Waals surface area (Å²) in [4.78, 5) is 13.5. The highest BCUT2D eigenvalue weighted by Gasteiger charge is 2.54. The van der Waals surface area contributed by atoms with Gasteiger partial charge in [0.05, 0.1) is 38.6 Å². The maximum absolute atomic E-state index is 13.5. The molecule has 0 saturated carbocycles. The Labute approximate surface area is 659 Å². The minimum absolute atomic E-state index is 0.231. The van der Waals surface area contributed by atoms with E-state index in [-0.39, 0.29) is 18.9 Å². The first-order valence-electron chi connectivity index (χ1n) is 46.3. The van der Waals surface area contributed by atoms with Gasteiger partial charge < -0.3 is 89.9 Å². The molecule has 0 aromatic rings. The van der Waals surface area contributed by atoms with Gasteiger partial charge in [-0.1, -0.05) is 412 Å². The summed E-state index contributed by atoms with van der Waals surface area (Å²) in [6.07, 6.45) is 58.0. The van der Waals surface area contributed by atoms with Gasteiger partial charge in [0.1, 0.15) is 73.2 Å². The Balaban J connectivity index is 1.29. The Morgan fingerprint density at radius 2 is 0.528 bits per heavy atom. The maximum Gasteiger partial charge on any atom is 0.220 e. The molecular formula is C89H173NO18. The normalized spacial score (nSPS) is 25.3. The van der Waals surface area contributed by atoms with Gasteiger partial charge in [-0.2, -0.15) is 0 Å². The van der Waals surface area contributed by atoms with Gasteiger partial charge in [-0.3, -0.25) is 4.79 Å². The maximum atomic E-state index is 13.5. The van der Waals surface area contributed by atoms with Crippen LogP contribution in [0.1, 0.15) is 431 Å². The molecule has 0 aliphatic carbocycles. The highest BCUT2D eigenvalue weighted by Crippen LogP contribution is 2.34. The van der Waals surface area contributed by atoms with Gasteiger partial charge in [0.2, 0.25) is 5.91 Å². The number of unbranched alkanes of at least 4 members (excludes halogenated alkanes) is 61. The number of aliphatic hydroxyl groups excluding tert-OH is 11. The molecule has 642 valence electrons. The van der Waals surface area contributed by atoms with Gasteiger partial charge in [0.25, 0.3) is 0 Å². The lowest BCUT2D eigenvalue weighted by Gasteiger charge is -2.48. The number of rotatable bonds is 77. The van der Waals surface area contributed by atoms with E-state index in [1.54, 1.807) is 0 Å². The van der Waals surface area contributed by atoms with Crippen LogP contribution in [-0.4, -0.2) is 193 Å². The van der Waals surface area contributed by atoms with Crippen molar-refractivity contribution in [3.63, 3.8) is 0 Å².